The number of amides is 1. The Morgan fingerprint density at radius 2 is 2.14 bits per heavy atom. The molecule has 1 amide bonds. The Morgan fingerprint density at radius 1 is 1.27 bits per heavy atom. The molecule has 0 aromatic heterocycles. The number of hydrogen-bond acceptors (Lipinski definition) is 4. The minimum absolute atomic E-state index is 0.135. The van der Waals surface area contributed by atoms with E-state index in [2.05, 4.69) is 0 Å². The third-order valence-electron chi connectivity index (χ3n) is 4.22. The van der Waals surface area contributed by atoms with Gasteiger partial charge in [0.15, 0.2) is 11.5 Å². The maximum Gasteiger partial charge on any atom is 0.231 e. The molecule has 3 rings (SSSR count). The molecule has 5 nitrogen and oxygen atoms in total. The lowest BCUT2D eigenvalue weighted by Gasteiger charge is -2.29. The average molecular weight is 305 g/mol. The number of nitrogens with zero attached hydrogens (tertiary/aromatic N) is 1. The van der Waals surface area contributed by atoms with Crippen molar-refractivity contribution in [3.05, 3.63) is 23.8 Å². The van der Waals surface area contributed by atoms with Gasteiger partial charge in [0.1, 0.15) is 0 Å². The fourth-order valence-corrected chi connectivity index (χ4v) is 2.94. The Hall–Kier alpha value is -1.75. The van der Waals surface area contributed by atoms with Crippen LogP contribution in [-0.4, -0.2) is 43.4 Å². The van der Waals surface area contributed by atoms with Crippen molar-refractivity contribution < 1.29 is 19.0 Å². The van der Waals surface area contributed by atoms with E-state index >= 15 is 0 Å². The number of carbonyl (C=O) groups excluding carboxylic acids is 1. The van der Waals surface area contributed by atoms with Crippen LogP contribution in [0.4, 0.5) is 0 Å². The van der Waals surface area contributed by atoms with E-state index in [9.17, 15) is 4.79 Å². The number of fused-ring (bicyclic) bond motifs is 1. The summed E-state index contributed by atoms with van der Waals surface area (Å²) in [6.45, 7) is 4.49. The highest BCUT2D eigenvalue weighted by molar-refractivity contribution is 5.79. The molecule has 0 unspecified atom stereocenters. The maximum absolute atomic E-state index is 12.5. The molecule has 2 aliphatic heterocycles. The van der Waals surface area contributed by atoms with E-state index < -0.39 is 0 Å². The van der Waals surface area contributed by atoms with Gasteiger partial charge in [-0.05, 0) is 43.9 Å². The van der Waals surface area contributed by atoms with E-state index in [0.29, 0.717) is 19.5 Å². The molecule has 1 aromatic carbocycles. The summed E-state index contributed by atoms with van der Waals surface area (Å²) in [6.07, 6.45) is 3.95. The molecule has 2 aliphatic rings. The molecule has 1 saturated heterocycles. The molecule has 1 atom stereocenters. The van der Waals surface area contributed by atoms with Crippen LogP contribution in [0.15, 0.2) is 18.2 Å². The first-order valence-electron chi connectivity index (χ1n) is 8.04. The topological polar surface area (TPSA) is 48.0 Å². The maximum atomic E-state index is 12.5. The zero-order chi connectivity index (χ0) is 15.4. The number of rotatable bonds is 5. The molecule has 120 valence electrons. The highest BCUT2D eigenvalue weighted by Gasteiger charge is 2.21. The molecule has 0 N–H and O–H groups in total. The van der Waals surface area contributed by atoms with Crippen molar-refractivity contribution >= 4 is 5.91 Å². The summed E-state index contributed by atoms with van der Waals surface area (Å²) >= 11 is 0. The fourth-order valence-electron chi connectivity index (χ4n) is 2.94. The highest BCUT2D eigenvalue weighted by Crippen LogP contribution is 2.32. The lowest BCUT2D eigenvalue weighted by atomic mass is 10.1. The number of ether oxygens (including phenoxy) is 3. The summed E-state index contributed by atoms with van der Waals surface area (Å²) < 4.78 is 16.4. The van der Waals surface area contributed by atoms with E-state index in [1.165, 1.54) is 6.42 Å². The Kier molecular flexibility index (Phi) is 4.83. The lowest BCUT2D eigenvalue weighted by Crippen LogP contribution is -2.40. The van der Waals surface area contributed by atoms with E-state index in [-0.39, 0.29) is 18.8 Å². The Bertz CT molecular complexity index is 525. The number of carbonyl (C=O) groups is 1. The van der Waals surface area contributed by atoms with Crippen LogP contribution in [-0.2, 0) is 16.0 Å². The van der Waals surface area contributed by atoms with Gasteiger partial charge in [0, 0.05) is 19.7 Å². The predicted octanol–water partition coefficient (Wildman–Crippen LogP) is 2.38. The molecule has 0 radical (unpaired) electrons. The van der Waals surface area contributed by atoms with Gasteiger partial charge in [-0.2, -0.15) is 0 Å². The first-order chi connectivity index (χ1) is 10.8. The average Bonchev–Trinajstić information content (AvgIpc) is 3.01. The van der Waals surface area contributed by atoms with E-state index in [0.717, 1.165) is 36.5 Å². The zero-order valence-electron chi connectivity index (χ0n) is 13.0. The Labute approximate surface area is 131 Å². The first-order valence-corrected chi connectivity index (χ1v) is 8.04. The standard InChI is InChI=1S/C17H23NO4/c1-2-18(11-14-5-3-4-8-20-14)17(19)10-13-6-7-15-16(9-13)22-12-21-15/h6-7,9,14H,2-5,8,10-12H2,1H3/t14-/m0/s1. The minimum atomic E-state index is 0.135. The van der Waals surface area contributed by atoms with Gasteiger partial charge in [-0.15, -0.1) is 0 Å². The summed E-state index contributed by atoms with van der Waals surface area (Å²) in [6, 6.07) is 5.69. The van der Waals surface area contributed by atoms with Crippen LogP contribution in [0.5, 0.6) is 11.5 Å². The molecule has 0 bridgehead atoms. The monoisotopic (exact) mass is 305 g/mol. The van der Waals surface area contributed by atoms with Gasteiger partial charge >= 0.3 is 0 Å². The summed E-state index contributed by atoms with van der Waals surface area (Å²) in [5, 5.41) is 0. The molecule has 0 spiro atoms. The van der Waals surface area contributed by atoms with Crippen LogP contribution in [0.2, 0.25) is 0 Å². The second-order valence-corrected chi connectivity index (χ2v) is 5.79. The van der Waals surface area contributed by atoms with Gasteiger partial charge in [-0.1, -0.05) is 6.07 Å². The molecule has 2 heterocycles. The summed E-state index contributed by atoms with van der Waals surface area (Å²) in [4.78, 5) is 14.4. The smallest absolute Gasteiger partial charge is 0.231 e. The van der Waals surface area contributed by atoms with E-state index in [1.54, 1.807) is 0 Å². The largest absolute Gasteiger partial charge is 0.454 e. The van der Waals surface area contributed by atoms with E-state index in [4.69, 9.17) is 14.2 Å². The third-order valence-corrected chi connectivity index (χ3v) is 4.22. The van der Waals surface area contributed by atoms with Crippen molar-refractivity contribution in [2.45, 2.75) is 38.7 Å². The second-order valence-electron chi connectivity index (χ2n) is 5.79. The summed E-state index contributed by atoms with van der Waals surface area (Å²) in [5.74, 6) is 1.61. The molecule has 0 aliphatic carbocycles. The van der Waals surface area contributed by atoms with Crippen molar-refractivity contribution in [3.63, 3.8) is 0 Å². The highest BCUT2D eigenvalue weighted by atomic mass is 16.7. The SMILES string of the molecule is CCN(C[C@@H]1CCCCO1)C(=O)Cc1ccc2c(c1)OCO2. The first kappa shape index (κ1) is 15.2. The van der Waals surface area contributed by atoms with Crippen molar-refractivity contribution in [3.8, 4) is 11.5 Å². The number of benzene rings is 1. The van der Waals surface area contributed by atoms with Gasteiger partial charge in [0.25, 0.3) is 0 Å². The van der Waals surface area contributed by atoms with Gasteiger partial charge in [0.2, 0.25) is 12.7 Å². The van der Waals surface area contributed by atoms with Crippen molar-refractivity contribution in [1.82, 2.24) is 4.90 Å². The number of likely N-dealkylation sites (N-methyl/N-ethyl adjacent to an activating group) is 1. The van der Waals surface area contributed by atoms with Crippen LogP contribution in [0.25, 0.3) is 0 Å². The summed E-state index contributed by atoms with van der Waals surface area (Å²) in [5.41, 5.74) is 0.956. The van der Waals surface area contributed by atoms with Crippen molar-refractivity contribution in [2.75, 3.05) is 26.5 Å². The van der Waals surface area contributed by atoms with Gasteiger partial charge in [0.05, 0.1) is 12.5 Å². The van der Waals surface area contributed by atoms with Crippen LogP contribution in [0.3, 0.4) is 0 Å². The molecule has 1 aromatic rings. The summed E-state index contributed by atoms with van der Waals surface area (Å²) in [7, 11) is 0. The van der Waals surface area contributed by atoms with Gasteiger partial charge in [-0.25, -0.2) is 0 Å². The van der Waals surface area contributed by atoms with Crippen LogP contribution in [0.1, 0.15) is 31.7 Å². The lowest BCUT2D eigenvalue weighted by molar-refractivity contribution is -0.132. The number of hydrogen-bond donors (Lipinski definition) is 0. The minimum Gasteiger partial charge on any atom is -0.454 e. The molecule has 0 saturated carbocycles. The third kappa shape index (κ3) is 3.53. The van der Waals surface area contributed by atoms with Gasteiger partial charge in [-0.3, -0.25) is 4.79 Å². The Morgan fingerprint density at radius 3 is 2.91 bits per heavy atom. The predicted molar refractivity (Wildman–Crippen MR) is 82.1 cm³/mol. The molecule has 1 fully saturated rings. The van der Waals surface area contributed by atoms with Crippen LogP contribution < -0.4 is 9.47 Å². The molecular formula is C17H23NO4. The molecular weight excluding hydrogens is 282 g/mol. The van der Waals surface area contributed by atoms with Crippen LogP contribution >= 0.6 is 0 Å². The van der Waals surface area contributed by atoms with Gasteiger partial charge < -0.3 is 19.1 Å². The fraction of sp³-hybridized carbons (Fsp3) is 0.588. The molecule has 22 heavy (non-hydrogen) atoms. The molecule has 5 heteroatoms. The van der Waals surface area contributed by atoms with E-state index in [1.807, 2.05) is 30.0 Å². The Balaban J connectivity index is 1.59. The van der Waals surface area contributed by atoms with Crippen molar-refractivity contribution in [1.29, 1.82) is 0 Å². The van der Waals surface area contributed by atoms with Crippen LogP contribution in [0, 0.1) is 0 Å². The van der Waals surface area contributed by atoms with Crippen molar-refractivity contribution in [2.24, 2.45) is 0 Å². The normalized spacial score (nSPS) is 20.0. The second kappa shape index (κ2) is 7.01. The zero-order valence-corrected chi connectivity index (χ0v) is 13.0. The quantitative estimate of drug-likeness (QED) is 0.838.